The average Bonchev–Trinajstić information content (AvgIpc) is 2.54. The molecule has 15 heavy (non-hydrogen) atoms. The van der Waals surface area contributed by atoms with Crippen molar-refractivity contribution < 1.29 is 0 Å². The number of hydrogen-bond acceptors (Lipinski definition) is 2. The zero-order valence-corrected chi connectivity index (χ0v) is 11.2. The monoisotopic (exact) mass is 225 g/mol. The smallest absolute Gasteiger partial charge is 0.00870 e. The number of nitrogens with one attached hydrogen (secondary N) is 1. The van der Waals surface area contributed by atoms with Gasteiger partial charge in [-0.2, -0.15) is 0 Å². The third kappa shape index (κ3) is 5.95. The average molecular weight is 225 g/mol. The largest absolute Gasteiger partial charge is 0.314 e. The van der Waals surface area contributed by atoms with E-state index in [1.54, 1.807) is 0 Å². The second-order valence-electron chi connectivity index (χ2n) is 5.45. The van der Waals surface area contributed by atoms with Crippen molar-refractivity contribution in [3.05, 3.63) is 22.4 Å². The van der Waals surface area contributed by atoms with Gasteiger partial charge in [-0.05, 0) is 43.2 Å². The molecule has 2 heteroatoms. The van der Waals surface area contributed by atoms with Gasteiger partial charge in [0.15, 0.2) is 0 Å². The van der Waals surface area contributed by atoms with Crippen LogP contribution >= 0.6 is 11.3 Å². The lowest BCUT2D eigenvalue weighted by molar-refractivity contribution is 0.356. The molecule has 0 aliphatic carbocycles. The Morgan fingerprint density at radius 2 is 2.13 bits per heavy atom. The topological polar surface area (TPSA) is 12.0 Å². The molecule has 0 bridgehead atoms. The number of hydrogen-bond donors (Lipinski definition) is 1. The molecule has 0 saturated carbocycles. The standard InChI is InChI=1S/C13H23NS/c1-11(10-12-6-5-9-15-12)14-8-7-13(2,3)4/h5-6,9,11,14H,7-8,10H2,1-4H3. The highest BCUT2D eigenvalue weighted by Crippen LogP contribution is 2.17. The van der Waals surface area contributed by atoms with Crippen LogP contribution in [0.1, 0.15) is 39.0 Å². The van der Waals surface area contributed by atoms with Crippen molar-refractivity contribution in [2.45, 2.75) is 46.6 Å². The molecule has 0 fully saturated rings. The van der Waals surface area contributed by atoms with Crippen molar-refractivity contribution in [2.24, 2.45) is 5.41 Å². The minimum Gasteiger partial charge on any atom is -0.314 e. The summed E-state index contributed by atoms with van der Waals surface area (Å²) in [5.74, 6) is 0. The van der Waals surface area contributed by atoms with Crippen molar-refractivity contribution in [3.63, 3.8) is 0 Å². The van der Waals surface area contributed by atoms with Crippen LogP contribution in [0.2, 0.25) is 0 Å². The van der Waals surface area contributed by atoms with Gasteiger partial charge in [0.05, 0.1) is 0 Å². The molecule has 1 nitrogen and oxygen atoms in total. The van der Waals surface area contributed by atoms with E-state index in [2.05, 4.69) is 50.5 Å². The summed E-state index contributed by atoms with van der Waals surface area (Å²) in [6, 6.07) is 4.93. The van der Waals surface area contributed by atoms with E-state index in [1.807, 2.05) is 11.3 Å². The summed E-state index contributed by atoms with van der Waals surface area (Å²) in [5, 5.41) is 5.73. The van der Waals surface area contributed by atoms with Crippen LogP contribution in [0.3, 0.4) is 0 Å². The van der Waals surface area contributed by atoms with Gasteiger partial charge in [-0.15, -0.1) is 11.3 Å². The van der Waals surface area contributed by atoms with Crippen LogP contribution in [0.4, 0.5) is 0 Å². The van der Waals surface area contributed by atoms with E-state index in [-0.39, 0.29) is 0 Å². The molecule has 1 rings (SSSR count). The van der Waals surface area contributed by atoms with Gasteiger partial charge in [0.1, 0.15) is 0 Å². The fourth-order valence-corrected chi connectivity index (χ4v) is 2.33. The summed E-state index contributed by atoms with van der Waals surface area (Å²) >= 11 is 1.85. The van der Waals surface area contributed by atoms with Crippen LogP contribution in [-0.2, 0) is 6.42 Å². The maximum Gasteiger partial charge on any atom is 0.00870 e. The molecule has 0 amide bonds. The quantitative estimate of drug-likeness (QED) is 0.805. The van der Waals surface area contributed by atoms with E-state index in [4.69, 9.17) is 0 Å². The SMILES string of the molecule is CC(Cc1cccs1)NCCC(C)(C)C. The Labute approximate surface area is 97.9 Å². The number of thiophene rings is 1. The molecule has 1 heterocycles. The van der Waals surface area contributed by atoms with Gasteiger partial charge in [0.25, 0.3) is 0 Å². The summed E-state index contributed by atoms with van der Waals surface area (Å²) in [6.07, 6.45) is 2.39. The van der Waals surface area contributed by atoms with E-state index >= 15 is 0 Å². The molecule has 1 N–H and O–H groups in total. The molecular formula is C13H23NS. The summed E-state index contributed by atoms with van der Waals surface area (Å²) < 4.78 is 0. The Kier molecular flexibility index (Phi) is 4.81. The number of rotatable bonds is 5. The molecule has 0 spiro atoms. The summed E-state index contributed by atoms with van der Waals surface area (Å²) in [4.78, 5) is 1.48. The predicted octanol–water partition coefficient (Wildman–Crippen LogP) is 3.70. The first-order valence-electron chi connectivity index (χ1n) is 5.73. The second-order valence-corrected chi connectivity index (χ2v) is 6.48. The van der Waals surface area contributed by atoms with Crippen LogP contribution in [0.5, 0.6) is 0 Å². The minimum atomic E-state index is 0.440. The highest BCUT2D eigenvalue weighted by molar-refractivity contribution is 7.09. The van der Waals surface area contributed by atoms with Gasteiger partial charge in [-0.25, -0.2) is 0 Å². The Bertz CT molecular complexity index is 259. The molecule has 0 radical (unpaired) electrons. The Morgan fingerprint density at radius 3 is 2.67 bits per heavy atom. The van der Waals surface area contributed by atoms with Crippen LogP contribution in [-0.4, -0.2) is 12.6 Å². The zero-order valence-electron chi connectivity index (χ0n) is 10.3. The summed E-state index contributed by atoms with van der Waals surface area (Å²) in [5.41, 5.74) is 0.440. The third-order valence-corrected chi connectivity index (χ3v) is 3.35. The van der Waals surface area contributed by atoms with E-state index in [0.717, 1.165) is 13.0 Å². The van der Waals surface area contributed by atoms with Gasteiger partial charge in [-0.3, -0.25) is 0 Å². The third-order valence-electron chi connectivity index (χ3n) is 2.46. The predicted molar refractivity (Wildman–Crippen MR) is 69.6 cm³/mol. The zero-order chi connectivity index (χ0) is 11.3. The van der Waals surface area contributed by atoms with Gasteiger partial charge >= 0.3 is 0 Å². The van der Waals surface area contributed by atoms with E-state index in [1.165, 1.54) is 11.3 Å². The van der Waals surface area contributed by atoms with Gasteiger partial charge in [0, 0.05) is 10.9 Å². The van der Waals surface area contributed by atoms with E-state index in [9.17, 15) is 0 Å². The van der Waals surface area contributed by atoms with Crippen molar-refractivity contribution in [2.75, 3.05) is 6.54 Å². The van der Waals surface area contributed by atoms with Crippen LogP contribution in [0, 0.1) is 5.41 Å². The second kappa shape index (κ2) is 5.66. The van der Waals surface area contributed by atoms with Crippen molar-refractivity contribution in [1.82, 2.24) is 5.32 Å². The Morgan fingerprint density at radius 1 is 1.40 bits per heavy atom. The molecule has 1 atom stereocenters. The molecule has 0 saturated heterocycles. The van der Waals surface area contributed by atoms with Gasteiger partial charge in [0.2, 0.25) is 0 Å². The first-order chi connectivity index (χ1) is 6.97. The fraction of sp³-hybridized carbons (Fsp3) is 0.692. The fourth-order valence-electron chi connectivity index (χ4n) is 1.50. The highest BCUT2D eigenvalue weighted by Gasteiger charge is 2.10. The first kappa shape index (κ1) is 12.7. The molecule has 1 aromatic heterocycles. The van der Waals surface area contributed by atoms with Crippen molar-refractivity contribution >= 4 is 11.3 Å². The van der Waals surface area contributed by atoms with E-state index < -0.39 is 0 Å². The molecule has 1 aromatic rings. The summed E-state index contributed by atoms with van der Waals surface area (Å²) in [7, 11) is 0. The molecule has 0 aliphatic rings. The highest BCUT2D eigenvalue weighted by atomic mass is 32.1. The molecule has 0 aliphatic heterocycles. The Balaban J connectivity index is 2.17. The van der Waals surface area contributed by atoms with Crippen LogP contribution in [0.15, 0.2) is 17.5 Å². The van der Waals surface area contributed by atoms with Gasteiger partial charge in [-0.1, -0.05) is 26.8 Å². The molecular weight excluding hydrogens is 202 g/mol. The van der Waals surface area contributed by atoms with Crippen LogP contribution in [0.25, 0.3) is 0 Å². The summed E-state index contributed by atoms with van der Waals surface area (Å²) in [6.45, 7) is 10.3. The van der Waals surface area contributed by atoms with Gasteiger partial charge < -0.3 is 5.32 Å². The molecule has 1 unspecified atom stereocenters. The lowest BCUT2D eigenvalue weighted by Crippen LogP contribution is -2.30. The Hall–Kier alpha value is -0.340. The maximum absolute atomic E-state index is 3.58. The normalized spacial score (nSPS) is 14.1. The lowest BCUT2D eigenvalue weighted by Gasteiger charge is -2.20. The first-order valence-corrected chi connectivity index (χ1v) is 6.61. The van der Waals surface area contributed by atoms with Crippen LogP contribution < -0.4 is 5.32 Å². The minimum absolute atomic E-state index is 0.440. The van der Waals surface area contributed by atoms with Crippen molar-refractivity contribution in [3.8, 4) is 0 Å². The van der Waals surface area contributed by atoms with E-state index in [0.29, 0.717) is 11.5 Å². The molecule has 0 aromatic carbocycles. The molecule has 86 valence electrons. The van der Waals surface area contributed by atoms with Crippen molar-refractivity contribution in [1.29, 1.82) is 0 Å². The maximum atomic E-state index is 3.58. The lowest BCUT2D eigenvalue weighted by atomic mass is 9.92.